The van der Waals surface area contributed by atoms with Crippen molar-refractivity contribution in [2.24, 2.45) is 0 Å². The van der Waals surface area contributed by atoms with Gasteiger partial charge >= 0.3 is 0 Å². The smallest absolute Gasteiger partial charge is 0.237 e. The lowest BCUT2D eigenvalue weighted by Gasteiger charge is -2.14. The number of nitrogens with one attached hydrogen (secondary N) is 1. The van der Waals surface area contributed by atoms with Crippen molar-refractivity contribution < 1.29 is 9.13 Å². The second-order valence-electron chi connectivity index (χ2n) is 4.61. The molecule has 0 aliphatic rings. The average Bonchev–Trinajstić information content (AvgIpc) is 2.39. The lowest BCUT2D eigenvalue weighted by Crippen LogP contribution is -2.10. The van der Waals surface area contributed by atoms with E-state index >= 15 is 0 Å². The monoisotopic (exact) mass is 294 g/mol. The van der Waals surface area contributed by atoms with Crippen LogP contribution in [0.3, 0.4) is 0 Å². The predicted molar refractivity (Wildman–Crippen MR) is 78.7 cm³/mol. The number of hydrogen-bond acceptors (Lipinski definition) is 3. The van der Waals surface area contributed by atoms with Crippen LogP contribution in [-0.4, -0.2) is 11.1 Å². The minimum atomic E-state index is -0.333. The zero-order valence-corrected chi connectivity index (χ0v) is 12.1. The molecule has 2 rings (SSSR count). The van der Waals surface area contributed by atoms with Crippen LogP contribution in [0, 0.1) is 5.82 Å². The molecule has 3 nitrogen and oxygen atoms in total. The molecule has 1 aromatic heterocycles. The fraction of sp³-hybridized carbons (Fsp3) is 0.267. The predicted octanol–water partition coefficient (Wildman–Crippen LogP) is 4.27. The maximum absolute atomic E-state index is 13.7. The van der Waals surface area contributed by atoms with Gasteiger partial charge in [-0.15, -0.1) is 0 Å². The number of aromatic nitrogens is 1. The molecule has 0 spiro atoms. The third-order valence-electron chi connectivity index (χ3n) is 2.60. The van der Waals surface area contributed by atoms with E-state index in [1.54, 1.807) is 24.4 Å². The number of benzene rings is 1. The van der Waals surface area contributed by atoms with Crippen molar-refractivity contribution in [1.29, 1.82) is 0 Å². The van der Waals surface area contributed by atoms with Gasteiger partial charge in [0.1, 0.15) is 5.82 Å². The number of rotatable bonds is 5. The van der Waals surface area contributed by atoms with Gasteiger partial charge in [-0.3, -0.25) is 0 Å². The summed E-state index contributed by atoms with van der Waals surface area (Å²) < 4.78 is 19.3. The van der Waals surface area contributed by atoms with Crippen molar-refractivity contribution in [1.82, 2.24) is 4.98 Å². The molecule has 0 aliphatic carbocycles. The van der Waals surface area contributed by atoms with Crippen LogP contribution in [0.1, 0.15) is 19.4 Å². The number of pyridine rings is 1. The van der Waals surface area contributed by atoms with Gasteiger partial charge in [-0.1, -0.05) is 17.7 Å². The molecule has 1 heterocycles. The molecule has 106 valence electrons. The Bertz CT molecular complexity index is 590. The second kappa shape index (κ2) is 6.57. The lowest BCUT2D eigenvalue weighted by molar-refractivity contribution is 0.234. The van der Waals surface area contributed by atoms with Gasteiger partial charge in [0.15, 0.2) is 0 Å². The normalized spacial score (nSPS) is 10.7. The highest BCUT2D eigenvalue weighted by molar-refractivity contribution is 6.30. The molecule has 0 atom stereocenters. The van der Waals surface area contributed by atoms with E-state index in [2.05, 4.69) is 10.3 Å². The number of hydrogen-bond donors (Lipinski definition) is 1. The Morgan fingerprint density at radius 1 is 1.35 bits per heavy atom. The first kappa shape index (κ1) is 14.6. The molecule has 0 bridgehead atoms. The number of halogens is 2. The first-order valence-electron chi connectivity index (χ1n) is 6.35. The second-order valence-corrected chi connectivity index (χ2v) is 5.05. The maximum atomic E-state index is 13.7. The van der Waals surface area contributed by atoms with Crippen LogP contribution < -0.4 is 10.1 Å². The molecule has 2 aromatic rings. The van der Waals surface area contributed by atoms with Crippen LogP contribution in [0.25, 0.3) is 0 Å². The summed E-state index contributed by atoms with van der Waals surface area (Å²) in [5, 5.41) is 3.51. The third-order valence-corrected chi connectivity index (χ3v) is 2.84. The quantitative estimate of drug-likeness (QED) is 0.894. The summed E-state index contributed by atoms with van der Waals surface area (Å²) in [4.78, 5) is 4.17. The van der Waals surface area contributed by atoms with Crippen molar-refractivity contribution in [3.05, 3.63) is 52.9 Å². The SMILES string of the molecule is CC(C)Oc1ncccc1NCc1ccc(Cl)cc1F. The van der Waals surface area contributed by atoms with Gasteiger partial charge in [0.2, 0.25) is 5.88 Å². The van der Waals surface area contributed by atoms with Crippen LogP contribution in [0.15, 0.2) is 36.5 Å². The Hall–Kier alpha value is -1.81. The zero-order chi connectivity index (χ0) is 14.5. The van der Waals surface area contributed by atoms with Crippen LogP contribution >= 0.6 is 11.6 Å². The average molecular weight is 295 g/mol. The molecular weight excluding hydrogens is 279 g/mol. The van der Waals surface area contributed by atoms with E-state index in [4.69, 9.17) is 16.3 Å². The van der Waals surface area contributed by atoms with Crippen molar-refractivity contribution >= 4 is 17.3 Å². The summed E-state index contributed by atoms with van der Waals surface area (Å²) in [7, 11) is 0. The van der Waals surface area contributed by atoms with Gasteiger partial charge < -0.3 is 10.1 Å². The van der Waals surface area contributed by atoms with Crippen LogP contribution in [-0.2, 0) is 6.54 Å². The molecule has 0 saturated heterocycles. The summed E-state index contributed by atoms with van der Waals surface area (Å²) in [6.07, 6.45) is 1.68. The lowest BCUT2D eigenvalue weighted by atomic mass is 10.2. The molecule has 0 amide bonds. The van der Waals surface area contributed by atoms with Crippen molar-refractivity contribution in [3.8, 4) is 5.88 Å². The number of anilines is 1. The van der Waals surface area contributed by atoms with Crippen LogP contribution in [0.2, 0.25) is 5.02 Å². The van der Waals surface area contributed by atoms with Crippen molar-refractivity contribution in [3.63, 3.8) is 0 Å². The Balaban J connectivity index is 2.10. The molecule has 0 fully saturated rings. The summed E-state index contributed by atoms with van der Waals surface area (Å²) in [6, 6.07) is 8.26. The first-order valence-corrected chi connectivity index (χ1v) is 6.73. The highest BCUT2D eigenvalue weighted by atomic mass is 35.5. The van der Waals surface area contributed by atoms with E-state index in [9.17, 15) is 4.39 Å². The topological polar surface area (TPSA) is 34.1 Å². The van der Waals surface area contributed by atoms with Crippen LogP contribution in [0.4, 0.5) is 10.1 Å². The van der Waals surface area contributed by atoms with Gasteiger partial charge in [-0.25, -0.2) is 9.37 Å². The molecule has 0 aliphatic heterocycles. The summed E-state index contributed by atoms with van der Waals surface area (Å²) in [5.41, 5.74) is 1.27. The molecule has 20 heavy (non-hydrogen) atoms. The largest absolute Gasteiger partial charge is 0.473 e. The van der Waals surface area contributed by atoms with Crippen molar-refractivity contribution in [2.75, 3.05) is 5.32 Å². The Morgan fingerprint density at radius 3 is 2.85 bits per heavy atom. The fourth-order valence-corrected chi connectivity index (χ4v) is 1.86. The third kappa shape index (κ3) is 3.84. The highest BCUT2D eigenvalue weighted by Crippen LogP contribution is 2.23. The minimum Gasteiger partial charge on any atom is -0.473 e. The van der Waals surface area contributed by atoms with E-state index in [-0.39, 0.29) is 11.9 Å². The van der Waals surface area contributed by atoms with Gasteiger partial charge in [0.25, 0.3) is 0 Å². The summed E-state index contributed by atoms with van der Waals surface area (Å²) in [6.45, 7) is 4.19. The molecule has 0 unspecified atom stereocenters. The standard InChI is InChI=1S/C15H16ClFN2O/c1-10(2)20-15-14(4-3-7-18-15)19-9-11-5-6-12(16)8-13(11)17/h3-8,10,19H,9H2,1-2H3. The van der Waals surface area contributed by atoms with E-state index in [1.807, 2.05) is 19.9 Å². The molecule has 0 saturated carbocycles. The fourth-order valence-electron chi connectivity index (χ4n) is 1.70. The van der Waals surface area contributed by atoms with E-state index in [0.29, 0.717) is 23.0 Å². The first-order chi connectivity index (χ1) is 9.56. The van der Waals surface area contributed by atoms with Gasteiger partial charge in [-0.05, 0) is 38.1 Å². The Morgan fingerprint density at radius 2 is 2.15 bits per heavy atom. The summed E-state index contributed by atoms with van der Waals surface area (Å²) in [5.74, 6) is 0.178. The van der Waals surface area contributed by atoms with Crippen molar-refractivity contribution in [2.45, 2.75) is 26.5 Å². The molecule has 5 heteroatoms. The molecule has 1 N–H and O–H groups in total. The zero-order valence-electron chi connectivity index (χ0n) is 11.4. The molecule has 1 aromatic carbocycles. The van der Waals surface area contributed by atoms with E-state index < -0.39 is 0 Å². The highest BCUT2D eigenvalue weighted by Gasteiger charge is 2.08. The van der Waals surface area contributed by atoms with E-state index in [1.165, 1.54) is 6.07 Å². The summed E-state index contributed by atoms with van der Waals surface area (Å²) >= 11 is 5.73. The van der Waals surface area contributed by atoms with Gasteiger partial charge in [-0.2, -0.15) is 0 Å². The number of ether oxygens (including phenoxy) is 1. The van der Waals surface area contributed by atoms with Crippen LogP contribution in [0.5, 0.6) is 5.88 Å². The number of nitrogens with zero attached hydrogens (tertiary/aromatic N) is 1. The molecular formula is C15H16ClFN2O. The Labute approximate surface area is 122 Å². The minimum absolute atomic E-state index is 0.0257. The maximum Gasteiger partial charge on any atom is 0.237 e. The van der Waals surface area contributed by atoms with Gasteiger partial charge in [0, 0.05) is 23.3 Å². The molecule has 0 radical (unpaired) electrons. The van der Waals surface area contributed by atoms with Gasteiger partial charge in [0.05, 0.1) is 11.8 Å². The van der Waals surface area contributed by atoms with E-state index in [0.717, 1.165) is 5.69 Å². The Kier molecular flexibility index (Phi) is 4.79.